The monoisotopic (exact) mass is 236 g/mol. The molecule has 1 N–H and O–H groups in total. The van der Waals surface area contributed by atoms with E-state index in [0.29, 0.717) is 6.04 Å². The van der Waals surface area contributed by atoms with Crippen LogP contribution in [0.5, 0.6) is 0 Å². The first kappa shape index (κ1) is 12.1. The van der Waals surface area contributed by atoms with Crippen molar-refractivity contribution in [1.82, 2.24) is 9.97 Å². The number of rotatable bonds is 4. The lowest BCUT2D eigenvalue weighted by molar-refractivity contribution is 0.0985. The van der Waals surface area contributed by atoms with Gasteiger partial charge >= 0.3 is 0 Å². The van der Waals surface area contributed by atoms with Gasteiger partial charge in [0.25, 0.3) is 0 Å². The van der Waals surface area contributed by atoms with Crippen LogP contribution in [0.15, 0.2) is 12.4 Å². The summed E-state index contributed by atoms with van der Waals surface area (Å²) in [7, 11) is 0. The topological polar surface area (TPSA) is 50.3 Å². The van der Waals surface area contributed by atoms with Crippen molar-refractivity contribution in [3.05, 3.63) is 12.4 Å². The Balaban J connectivity index is 2.08. The van der Waals surface area contributed by atoms with Crippen LogP contribution >= 0.6 is 0 Å². The Morgan fingerprint density at radius 1 is 1.53 bits per heavy atom. The van der Waals surface area contributed by atoms with Crippen LogP contribution in [0.3, 0.4) is 0 Å². The highest BCUT2D eigenvalue weighted by Crippen LogP contribution is 2.18. The predicted octanol–water partition coefficient (Wildman–Crippen LogP) is 1.52. The molecule has 5 heteroatoms. The van der Waals surface area contributed by atoms with Crippen molar-refractivity contribution in [2.75, 3.05) is 36.5 Å². The first-order valence-corrected chi connectivity index (χ1v) is 6.21. The van der Waals surface area contributed by atoms with Crippen LogP contribution in [0.1, 0.15) is 20.3 Å². The van der Waals surface area contributed by atoms with Gasteiger partial charge in [-0.2, -0.15) is 0 Å². The summed E-state index contributed by atoms with van der Waals surface area (Å²) in [6.45, 7) is 7.66. The van der Waals surface area contributed by atoms with E-state index < -0.39 is 0 Å². The van der Waals surface area contributed by atoms with Gasteiger partial charge in [0.1, 0.15) is 18.0 Å². The van der Waals surface area contributed by atoms with Gasteiger partial charge in [0.2, 0.25) is 0 Å². The summed E-state index contributed by atoms with van der Waals surface area (Å²) >= 11 is 0. The number of aromatic nitrogens is 2. The molecule has 0 radical (unpaired) electrons. The molecule has 1 saturated heterocycles. The third kappa shape index (κ3) is 3.06. The molecule has 0 amide bonds. The minimum Gasteiger partial charge on any atom is -0.377 e. The second-order valence-corrected chi connectivity index (χ2v) is 4.31. The standard InChI is InChI=1S/C12H20N4O/c1-3-4-13-11-7-12(15-9-14-11)16-5-6-17-8-10(16)2/h7,9-10H,3-6,8H2,1-2H3,(H,13,14,15). The molecular weight excluding hydrogens is 216 g/mol. The molecule has 1 unspecified atom stereocenters. The molecule has 0 bridgehead atoms. The highest BCUT2D eigenvalue weighted by molar-refractivity contribution is 5.49. The van der Waals surface area contributed by atoms with Crippen LogP contribution in [0, 0.1) is 0 Å². The van der Waals surface area contributed by atoms with E-state index in [9.17, 15) is 0 Å². The second-order valence-electron chi connectivity index (χ2n) is 4.31. The zero-order valence-electron chi connectivity index (χ0n) is 10.5. The summed E-state index contributed by atoms with van der Waals surface area (Å²) in [5, 5.41) is 3.28. The number of hydrogen-bond acceptors (Lipinski definition) is 5. The van der Waals surface area contributed by atoms with Crippen molar-refractivity contribution < 1.29 is 4.74 Å². The van der Waals surface area contributed by atoms with E-state index in [4.69, 9.17) is 4.74 Å². The molecule has 0 aliphatic carbocycles. The predicted molar refractivity (Wildman–Crippen MR) is 68.4 cm³/mol. The zero-order valence-corrected chi connectivity index (χ0v) is 10.5. The number of anilines is 2. The van der Waals surface area contributed by atoms with Crippen molar-refractivity contribution in [2.45, 2.75) is 26.3 Å². The van der Waals surface area contributed by atoms with E-state index in [1.54, 1.807) is 6.33 Å². The van der Waals surface area contributed by atoms with Gasteiger partial charge in [0, 0.05) is 19.2 Å². The van der Waals surface area contributed by atoms with Crippen molar-refractivity contribution >= 4 is 11.6 Å². The lowest BCUT2D eigenvalue weighted by atomic mass is 10.2. The van der Waals surface area contributed by atoms with Gasteiger partial charge in [-0.1, -0.05) is 6.92 Å². The molecule has 2 heterocycles. The third-order valence-electron chi connectivity index (χ3n) is 2.87. The number of nitrogens with one attached hydrogen (secondary N) is 1. The fourth-order valence-electron chi connectivity index (χ4n) is 1.92. The molecule has 1 aromatic heterocycles. The van der Waals surface area contributed by atoms with Crippen molar-refractivity contribution in [1.29, 1.82) is 0 Å². The maximum absolute atomic E-state index is 5.43. The van der Waals surface area contributed by atoms with E-state index in [0.717, 1.165) is 44.4 Å². The molecule has 1 atom stereocenters. The second kappa shape index (κ2) is 5.82. The molecule has 17 heavy (non-hydrogen) atoms. The molecule has 0 saturated carbocycles. The van der Waals surface area contributed by atoms with E-state index in [2.05, 4.69) is 34.0 Å². The molecule has 0 aromatic carbocycles. The minimum atomic E-state index is 0.373. The largest absolute Gasteiger partial charge is 0.377 e. The smallest absolute Gasteiger partial charge is 0.134 e. The minimum absolute atomic E-state index is 0.373. The molecule has 1 fully saturated rings. The molecule has 5 nitrogen and oxygen atoms in total. The number of nitrogens with zero attached hydrogens (tertiary/aromatic N) is 3. The Hall–Kier alpha value is -1.36. The zero-order chi connectivity index (χ0) is 12.1. The summed E-state index contributed by atoms with van der Waals surface area (Å²) < 4.78 is 5.43. The molecular formula is C12H20N4O. The summed E-state index contributed by atoms with van der Waals surface area (Å²) in [6.07, 6.45) is 2.71. The molecule has 1 aliphatic heterocycles. The summed E-state index contributed by atoms with van der Waals surface area (Å²) in [5.74, 6) is 1.88. The summed E-state index contributed by atoms with van der Waals surface area (Å²) in [5.41, 5.74) is 0. The van der Waals surface area contributed by atoms with Crippen molar-refractivity contribution in [3.63, 3.8) is 0 Å². The van der Waals surface area contributed by atoms with E-state index in [1.807, 2.05) is 6.07 Å². The molecule has 1 aliphatic rings. The Morgan fingerprint density at radius 3 is 3.18 bits per heavy atom. The normalized spacial score (nSPS) is 20.4. The van der Waals surface area contributed by atoms with Gasteiger partial charge in [0.15, 0.2) is 0 Å². The average molecular weight is 236 g/mol. The van der Waals surface area contributed by atoms with Crippen LogP contribution in [-0.2, 0) is 4.74 Å². The van der Waals surface area contributed by atoms with Gasteiger partial charge in [-0.05, 0) is 13.3 Å². The summed E-state index contributed by atoms with van der Waals surface area (Å²) in [6, 6.07) is 2.38. The van der Waals surface area contributed by atoms with Crippen molar-refractivity contribution in [2.24, 2.45) is 0 Å². The maximum Gasteiger partial charge on any atom is 0.134 e. The molecule has 94 valence electrons. The maximum atomic E-state index is 5.43. The quantitative estimate of drug-likeness (QED) is 0.859. The van der Waals surface area contributed by atoms with Crippen LogP contribution in [0.25, 0.3) is 0 Å². The van der Waals surface area contributed by atoms with Crippen LogP contribution < -0.4 is 10.2 Å². The van der Waals surface area contributed by atoms with Gasteiger partial charge < -0.3 is 15.0 Å². The number of hydrogen-bond donors (Lipinski definition) is 1. The SMILES string of the molecule is CCCNc1cc(N2CCOCC2C)ncn1. The Kier molecular flexibility index (Phi) is 4.14. The third-order valence-corrected chi connectivity index (χ3v) is 2.87. The van der Waals surface area contributed by atoms with E-state index in [1.165, 1.54) is 0 Å². The van der Waals surface area contributed by atoms with E-state index >= 15 is 0 Å². The fraction of sp³-hybridized carbons (Fsp3) is 0.667. The van der Waals surface area contributed by atoms with Crippen LogP contribution in [0.4, 0.5) is 11.6 Å². The van der Waals surface area contributed by atoms with Crippen LogP contribution in [-0.4, -0.2) is 42.3 Å². The fourth-order valence-corrected chi connectivity index (χ4v) is 1.92. The number of morpholine rings is 1. The van der Waals surface area contributed by atoms with E-state index in [-0.39, 0.29) is 0 Å². The molecule has 2 rings (SSSR count). The Labute approximate surface area is 102 Å². The van der Waals surface area contributed by atoms with Gasteiger partial charge in [-0.25, -0.2) is 9.97 Å². The Bertz CT molecular complexity index is 358. The van der Waals surface area contributed by atoms with Gasteiger partial charge in [-0.3, -0.25) is 0 Å². The first-order chi connectivity index (χ1) is 8.31. The highest BCUT2D eigenvalue weighted by Gasteiger charge is 2.20. The lowest BCUT2D eigenvalue weighted by Crippen LogP contribution is -2.44. The highest BCUT2D eigenvalue weighted by atomic mass is 16.5. The van der Waals surface area contributed by atoms with Crippen molar-refractivity contribution in [3.8, 4) is 0 Å². The number of ether oxygens (including phenoxy) is 1. The van der Waals surface area contributed by atoms with Gasteiger partial charge in [-0.15, -0.1) is 0 Å². The lowest BCUT2D eigenvalue weighted by Gasteiger charge is -2.34. The Morgan fingerprint density at radius 2 is 2.41 bits per heavy atom. The molecule has 0 spiro atoms. The van der Waals surface area contributed by atoms with Crippen LogP contribution in [0.2, 0.25) is 0 Å². The first-order valence-electron chi connectivity index (χ1n) is 6.21. The summed E-state index contributed by atoms with van der Waals surface area (Å²) in [4.78, 5) is 10.8. The average Bonchev–Trinajstić information content (AvgIpc) is 2.37. The van der Waals surface area contributed by atoms with Gasteiger partial charge in [0.05, 0.1) is 19.3 Å². The molecule has 1 aromatic rings.